The molecule has 0 saturated carbocycles. The maximum atomic E-state index is 13.2. The van der Waals surface area contributed by atoms with E-state index in [9.17, 15) is 22.4 Å². The summed E-state index contributed by atoms with van der Waals surface area (Å²) in [6.45, 7) is 1.51. The molecule has 150 valence electrons. The molecule has 0 aliphatic carbocycles. The predicted octanol–water partition coefficient (Wildman–Crippen LogP) is 2.03. The lowest BCUT2D eigenvalue weighted by Gasteiger charge is -2.25. The van der Waals surface area contributed by atoms with Gasteiger partial charge in [0.05, 0.1) is 6.54 Å². The van der Waals surface area contributed by atoms with Crippen molar-refractivity contribution in [2.75, 3.05) is 14.1 Å². The highest BCUT2D eigenvalue weighted by atomic mass is 32.2. The van der Waals surface area contributed by atoms with Gasteiger partial charge in [0.25, 0.3) is 15.9 Å². The quantitative estimate of drug-likeness (QED) is 0.736. The molecule has 10 heteroatoms. The summed E-state index contributed by atoms with van der Waals surface area (Å²) < 4.78 is 43.8. The largest absolute Gasteiger partial charge is 0.446 e. The second-order valence-electron chi connectivity index (χ2n) is 6.60. The number of sulfonamides is 1. The highest BCUT2D eigenvalue weighted by Crippen LogP contribution is 2.33. The highest BCUT2D eigenvalue weighted by Gasteiger charge is 2.51. The zero-order chi connectivity index (χ0) is 20.7. The van der Waals surface area contributed by atoms with E-state index >= 15 is 0 Å². The van der Waals surface area contributed by atoms with Crippen LogP contribution in [-0.4, -0.2) is 43.7 Å². The number of benzene rings is 1. The maximum Gasteiger partial charge on any atom is 0.325 e. The third kappa shape index (κ3) is 3.18. The van der Waals surface area contributed by atoms with E-state index in [0.717, 1.165) is 9.21 Å². The van der Waals surface area contributed by atoms with Crippen molar-refractivity contribution in [3.8, 4) is 0 Å². The average molecular weight is 409 g/mol. The van der Waals surface area contributed by atoms with E-state index in [1.54, 1.807) is 6.92 Å². The number of amides is 3. The van der Waals surface area contributed by atoms with Crippen LogP contribution in [0.3, 0.4) is 0 Å². The molecule has 0 unspecified atom stereocenters. The van der Waals surface area contributed by atoms with Crippen molar-refractivity contribution >= 4 is 22.0 Å². The first kappa shape index (κ1) is 20.0. The van der Waals surface area contributed by atoms with Crippen LogP contribution in [0.2, 0.25) is 0 Å². The Labute approximate surface area is 162 Å². The number of imide groups is 1. The van der Waals surface area contributed by atoms with Gasteiger partial charge in [-0.3, -0.25) is 9.69 Å². The molecule has 1 fully saturated rings. The monoisotopic (exact) mass is 409 g/mol. The number of rotatable bonds is 6. The Morgan fingerprint density at radius 2 is 1.79 bits per heavy atom. The molecule has 1 aromatic heterocycles. The number of nitrogens with zero attached hydrogens (tertiary/aromatic N) is 2. The average Bonchev–Trinajstić information content (AvgIpc) is 3.22. The Morgan fingerprint density at radius 1 is 1.14 bits per heavy atom. The molecule has 28 heavy (non-hydrogen) atoms. The Morgan fingerprint density at radius 3 is 2.36 bits per heavy atom. The van der Waals surface area contributed by atoms with E-state index in [0.29, 0.717) is 5.56 Å². The van der Waals surface area contributed by atoms with E-state index in [4.69, 9.17) is 4.42 Å². The zero-order valence-electron chi connectivity index (χ0n) is 15.6. The molecule has 2 aromatic rings. The molecule has 1 atom stereocenters. The number of carbonyl (C=O) groups excluding carboxylic acids is 2. The minimum atomic E-state index is -3.76. The van der Waals surface area contributed by atoms with E-state index < -0.39 is 33.3 Å². The summed E-state index contributed by atoms with van der Waals surface area (Å²) in [7, 11) is -1.03. The fraction of sp³-hybridized carbons (Fsp3) is 0.333. The van der Waals surface area contributed by atoms with Gasteiger partial charge >= 0.3 is 6.03 Å². The number of furan rings is 1. The minimum Gasteiger partial charge on any atom is -0.446 e. The van der Waals surface area contributed by atoms with E-state index in [-0.39, 0.29) is 23.8 Å². The van der Waals surface area contributed by atoms with Crippen molar-refractivity contribution in [2.24, 2.45) is 0 Å². The van der Waals surface area contributed by atoms with Gasteiger partial charge in [-0.05, 0) is 36.2 Å². The third-order valence-electron chi connectivity index (χ3n) is 4.73. The Bertz CT molecular complexity index is 1020. The Kier molecular flexibility index (Phi) is 5.02. The van der Waals surface area contributed by atoms with Gasteiger partial charge in [0, 0.05) is 14.1 Å². The number of nitrogens with one attached hydrogen (secondary N) is 1. The summed E-state index contributed by atoms with van der Waals surface area (Å²) in [4.78, 5) is 26.5. The standard InChI is InChI=1S/C18H20FN3O5S/c1-4-18(12-5-7-13(19)8-6-12)16(23)22(17(24)20-18)11-14-9-10-15(27-14)28(25,26)21(2)3/h5-10H,4,11H2,1-3H3,(H,20,24)/t18-/m0/s1. The number of hydrogen-bond donors (Lipinski definition) is 1. The molecule has 2 heterocycles. The summed E-state index contributed by atoms with van der Waals surface area (Å²) in [5.74, 6) is -0.816. The summed E-state index contributed by atoms with van der Waals surface area (Å²) in [5, 5.41) is 2.40. The highest BCUT2D eigenvalue weighted by molar-refractivity contribution is 7.88. The number of carbonyl (C=O) groups is 2. The normalized spacial score (nSPS) is 20.1. The van der Waals surface area contributed by atoms with Gasteiger partial charge < -0.3 is 9.73 Å². The van der Waals surface area contributed by atoms with Crippen molar-refractivity contribution in [1.29, 1.82) is 0 Å². The SMILES string of the molecule is CC[C@@]1(c2ccc(F)cc2)NC(=O)N(Cc2ccc(S(=O)(=O)N(C)C)o2)C1=O. The second-order valence-corrected chi connectivity index (χ2v) is 8.68. The molecule has 1 aliphatic heterocycles. The molecular weight excluding hydrogens is 389 g/mol. The maximum absolute atomic E-state index is 13.2. The summed E-state index contributed by atoms with van der Waals surface area (Å²) in [6.07, 6.45) is 0.262. The van der Waals surface area contributed by atoms with Crippen molar-refractivity contribution in [1.82, 2.24) is 14.5 Å². The van der Waals surface area contributed by atoms with Crippen LogP contribution in [0.25, 0.3) is 0 Å². The predicted molar refractivity (Wildman–Crippen MR) is 97.0 cm³/mol. The molecule has 0 radical (unpaired) electrons. The molecule has 8 nitrogen and oxygen atoms in total. The first-order chi connectivity index (χ1) is 13.1. The van der Waals surface area contributed by atoms with E-state index in [1.165, 1.54) is 50.5 Å². The van der Waals surface area contributed by atoms with Crippen LogP contribution >= 0.6 is 0 Å². The lowest BCUT2D eigenvalue weighted by atomic mass is 9.87. The Hall–Kier alpha value is -2.72. The number of hydrogen-bond acceptors (Lipinski definition) is 5. The van der Waals surface area contributed by atoms with Gasteiger partial charge in [-0.1, -0.05) is 19.1 Å². The molecule has 3 rings (SSSR count). The number of halogens is 1. The van der Waals surface area contributed by atoms with Crippen LogP contribution < -0.4 is 5.32 Å². The van der Waals surface area contributed by atoms with Gasteiger partial charge in [-0.2, -0.15) is 0 Å². The van der Waals surface area contributed by atoms with Crippen molar-refractivity contribution in [3.05, 3.63) is 53.5 Å². The third-order valence-corrected chi connectivity index (χ3v) is 6.42. The van der Waals surface area contributed by atoms with Crippen LogP contribution in [-0.2, 0) is 26.9 Å². The van der Waals surface area contributed by atoms with Crippen molar-refractivity contribution < 1.29 is 26.8 Å². The number of urea groups is 1. The first-order valence-corrected chi connectivity index (χ1v) is 9.97. The van der Waals surface area contributed by atoms with Gasteiger partial charge in [-0.25, -0.2) is 21.9 Å². The van der Waals surface area contributed by atoms with Gasteiger partial charge in [-0.15, -0.1) is 0 Å². The molecule has 1 aliphatic rings. The molecule has 3 amide bonds. The van der Waals surface area contributed by atoms with Crippen LogP contribution in [0.5, 0.6) is 0 Å². The molecule has 0 spiro atoms. The van der Waals surface area contributed by atoms with Gasteiger partial charge in [0.2, 0.25) is 5.09 Å². The smallest absolute Gasteiger partial charge is 0.325 e. The Balaban J connectivity index is 1.88. The van der Waals surface area contributed by atoms with E-state index in [1.807, 2.05) is 0 Å². The van der Waals surface area contributed by atoms with E-state index in [2.05, 4.69) is 5.32 Å². The zero-order valence-corrected chi connectivity index (χ0v) is 16.4. The van der Waals surface area contributed by atoms with Crippen molar-refractivity contribution in [3.63, 3.8) is 0 Å². The molecule has 1 aromatic carbocycles. The van der Waals surface area contributed by atoms with Crippen molar-refractivity contribution in [2.45, 2.75) is 30.5 Å². The van der Waals surface area contributed by atoms with Crippen LogP contribution in [0.15, 0.2) is 45.9 Å². The summed E-state index contributed by atoms with van der Waals surface area (Å²) in [5.41, 5.74) is -0.844. The lowest BCUT2D eigenvalue weighted by Crippen LogP contribution is -2.43. The summed E-state index contributed by atoms with van der Waals surface area (Å²) in [6, 6.07) is 7.39. The van der Waals surface area contributed by atoms with Gasteiger partial charge in [0.15, 0.2) is 0 Å². The minimum absolute atomic E-state index is 0.148. The van der Waals surface area contributed by atoms with Crippen LogP contribution in [0.1, 0.15) is 24.7 Å². The molecule has 0 bridgehead atoms. The fourth-order valence-electron chi connectivity index (χ4n) is 3.06. The first-order valence-electron chi connectivity index (χ1n) is 8.53. The topological polar surface area (TPSA) is 99.9 Å². The fourth-order valence-corrected chi connectivity index (χ4v) is 3.87. The lowest BCUT2D eigenvalue weighted by molar-refractivity contribution is -0.132. The molecule has 1 N–H and O–H groups in total. The molecule has 1 saturated heterocycles. The van der Waals surface area contributed by atoms with Gasteiger partial charge in [0.1, 0.15) is 17.1 Å². The van der Waals surface area contributed by atoms with Crippen LogP contribution in [0.4, 0.5) is 9.18 Å². The summed E-state index contributed by atoms with van der Waals surface area (Å²) >= 11 is 0. The second kappa shape index (κ2) is 7.02. The van der Waals surface area contributed by atoms with Crippen LogP contribution in [0, 0.1) is 5.82 Å². The molecular formula is C18H20FN3O5S.